The molecule has 0 saturated heterocycles. The maximum atomic E-state index is 12.8. The zero-order chi connectivity index (χ0) is 19.5. The average molecular weight is 454 g/mol. The molecule has 5 heteroatoms. The summed E-state index contributed by atoms with van der Waals surface area (Å²) in [6, 6.07) is 14.2. The van der Waals surface area contributed by atoms with Crippen LogP contribution in [0.25, 0.3) is 0 Å². The fourth-order valence-electron chi connectivity index (χ4n) is 3.75. The van der Waals surface area contributed by atoms with Crippen LogP contribution >= 0.6 is 0 Å². The molecular weight excluding hydrogens is 430 g/mol. The van der Waals surface area contributed by atoms with Crippen molar-refractivity contribution in [2.75, 3.05) is 20.8 Å². The van der Waals surface area contributed by atoms with Crippen LogP contribution in [0, 0.1) is 0 Å². The first-order valence-electron chi connectivity index (χ1n) is 9.45. The van der Waals surface area contributed by atoms with Gasteiger partial charge in [0.15, 0.2) is 17.3 Å². The predicted octanol–water partition coefficient (Wildman–Crippen LogP) is -0.0882. The molecule has 0 fully saturated rings. The fourth-order valence-corrected chi connectivity index (χ4v) is 3.75. The summed E-state index contributed by atoms with van der Waals surface area (Å²) in [4.78, 5) is 14.2. The molecule has 29 heavy (non-hydrogen) atoms. The summed E-state index contributed by atoms with van der Waals surface area (Å²) in [6.07, 6.45) is 9.12. The van der Waals surface area contributed by atoms with Gasteiger partial charge in [-0.15, -0.1) is 0 Å². The Kier molecular flexibility index (Phi) is 6.72. The first-order valence-corrected chi connectivity index (χ1v) is 9.45. The Bertz CT molecular complexity index is 993. The van der Waals surface area contributed by atoms with Gasteiger partial charge in [-0.05, 0) is 41.5 Å². The number of quaternary nitrogens is 1. The second-order valence-electron chi connectivity index (χ2n) is 7.10. The van der Waals surface area contributed by atoms with Gasteiger partial charge in [-0.25, -0.2) is 0 Å². The van der Waals surface area contributed by atoms with E-state index in [4.69, 9.17) is 9.47 Å². The number of hydrogen-bond acceptors (Lipinski definition) is 3. The molecule has 0 spiro atoms. The quantitative estimate of drug-likeness (QED) is 0.643. The molecule has 1 aliphatic heterocycles. The van der Waals surface area contributed by atoms with E-state index in [1.807, 2.05) is 18.2 Å². The number of methoxy groups -OCH3 is 2. The van der Waals surface area contributed by atoms with Crippen molar-refractivity contribution in [3.63, 3.8) is 0 Å². The largest absolute Gasteiger partial charge is 1.00 e. The molecule has 1 aliphatic carbocycles. The Morgan fingerprint density at radius 3 is 2.45 bits per heavy atom. The molecule has 2 aromatic carbocycles. The van der Waals surface area contributed by atoms with Gasteiger partial charge in [0.1, 0.15) is 13.1 Å². The van der Waals surface area contributed by atoms with Crippen molar-refractivity contribution in [3.05, 3.63) is 94.7 Å². The third-order valence-corrected chi connectivity index (χ3v) is 5.25. The van der Waals surface area contributed by atoms with Crippen molar-refractivity contribution in [1.82, 2.24) is 0 Å². The lowest BCUT2D eigenvalue weighted by Crippen LogP contribution is -3.06. The molecule has 4 nitrogen and oxygen atoms in total. The molecule has 4 rings (SSSR count). The third-order valence-electron chi connectivity index (χ3n) is 5.25. The number of carbonyl (C=O) groups excluding carboxylic acids is 1. The first-order chi connectivity index (χ1) is 13.7. The molecule has 0 amide bonds. The van der Waals surface area contributed by atoms with Gasteiger partial charge in [0.2, 0.25) is 0 Å². The second kappa shape index (κ2) is 9.25. The number of benzene rings is 2. The maximum Gasteiger partial charge on any atom is 0.189 e. The number of rotatable bonds is 5. The number of nitrogens with one attached hydrogen (secondary N) is 1. The highest BCUT2D eigenvalue weighted by atomic mass is 79.9. The van der Waals surface area contributed by atoms with Crippen LogP contribution in [0.15, 0.2) is 78.0 Å². The molecule has 2 aromatic rings. The normalized spacial score (nSPS) is 18.8. The lowest BCUT2D eigenvalue weighted by atomic mass is 10.1. The summed E-state index contributed by atoms with van der Waals surface area (Å²) < 4.78 is 10.7. The standard InChI is InChI=1S/C24H23NO3.BrH/c1-27-22-14-19-13-20(24(26)21(19)15-23(22)28-2)12-17-8-10-25(11-9-17)16-18-6-4-3-5-7-18;/h3-10,12,14-15H,11,13,16H2,1-2H3;1H/b20-12+;. The van der Waals surface area contributed by atoms with E-state index < -0.39 is 0 Å². The Morgan fingerprint density at radius 1 is 1.07 bits per heavy atom. The highest BCUT2D eigenvalue weighted by Crippen LogP contribution is 2.36. The Balaban J connectivity index is 0.00000240. The number of ether oxygens (including phenoxy) is 2. The van der Waals surface area contributed by atoms with Crippen LogP contribution in [-0.2, 0) is 13.0 Å². The molecule has 0 saturated carbocycles. The van der Waals surface area contributed by atoms with Gasteiger partial charge < -0.3 is 31.4 Å². The molecule has 2 aliphatic rings. The predicted molar refractivity (Wildman–Crippen MR) is 109 cm³/mol. The van der Waals surface area contributed by atoms with Crippen molar-refractivity contribution in [1.29, 1.82) is 0 Å². The smallest absolute Gasteiger partial charge is 0.189 e. The highest BCUT2D eigenvalue weighted by molar-refractivity contribution is 6.13. The fraction of sp³-hybridized carbons (Fsp3) is 0.208. The van der Waals surface area contributed by atoms with Crippen LogP contribution in [0.1, 0.15) is 21.5 Å². The second-order valence-corrected chi connectivity index (χ2v) is 7.10. The SMILES string of the molecule is COc1cc2c(cc1OC)C(=O)/C(=C/C1=CC[NH+](Cc3ccccc3)C=C1)C2.[Br-]. The number of halogens is 1. The third kappa shape index (κ3) is 4.52. The molecule has 1 unspecified atom stereocenters. The van der Waals surface area contributed by atoms with E-state index in [0.29, 0.717) is 23.5 Å². The molecule has 0 aromatic heterocycles. The van der Waals surface area contributed by atoms with Gasteiger partial charge in [-0.1, -0.05) is 30.3 Å². The number of fused-ring (bicyclic) bond motifs is 1. The molecule has 0 bridgehead atoms. The Labute approximate surface area is 181 Å². The van der Waals surface area contributed by atoms with E-state index >= 15 is 0 Å². The van der Waals surface area contributed by atoms with Crippen molar-refractivity contribution < 1.29 is 36.1 Å². The van der Waals surface area contributed by atoms with Crippen molar-refractivity contribution in [3.8, 4) is 11.5 Å². The van der Waals surface area contributed by atoms with E-state index in [-0.39, 0.29) is 22.8 Å². The van der Waals surface area contributed by atoms with Crippen LogP contribution < -0.4 is 31.4 Å². The van der Waals surface area contributed by atoms with Crippen molar-refractivity contribution in [2.45, 2.75) is 13.0 Å². The van der Waals surface area contributed by atoms with Crippen LogP contribution in [0.5, 0.6) is 11.5 Å². The van der Waals surface area contributed by atoms with E-state index in [2.05, 4.69) is 42.6 Å². The number of Topliss-reactive ketones (excluding diaryl/α,β-unsaturated/α-hetero) is 1. The van der Waals surface area contributed by atoms with E-state index in [1.54, 1.807) is 20.3 Å². The molecule has 1 atom stereocenters. The average Bonchev–Trinajstić information content (AvgIpc) is 3.03. The van der Waals surface area contributed by atoms with E-state index in [9.17, 15) is 4.79 Å². The number of carbonyl (C=O) groups is 1. The minimum atomic E-state index is 0. The van der Waals surface area contributed by atoms with Crippen LogP contribution in [0.3, 0.4) is 0 Å². The van der Waals surface area contributed by atoms with Gasteiger partial charge in [-0.3, -0.25) is 4.79 Å². The maximum absolute atomic E-state index is 12.8. The minimum absolute atomic E-state index is 0. The number of ketones is 1. The molecular formula is C24H24BrNO3. The highest BCUT2D eigenvalue weighted by Gasteiger charge is 2.27. The van der Waals surface area contributed by atoms with Gasteiger partial charge in [0.25, 0.3) is 0 Å². The summed E-state index contributed by atoms with van der Waals surface area (Å²) in [5.41, 5.74) is 4.92. The van der Waals surface area contributed by atoms with Gasteiger partial charge >= 0.3 is 0 Å². The summed E-state index contributed by atoms with van der Waals surface area (Å²) >= 11 is 0. The van der Waals surface area contributed by atoms with E-state index in [0.717, 1.165) is 29.8 Å². The summed E-state index contributed by atoms with van der Waals surface area (Å²) in [5, 5.41) is 0. The summed E-state index contributed by atoms with van der Waals surface area (Å²) in [5.74, 6) is 1.32. The van der Waals surface area contributed by atoms with E-state index in [1.165, 1.54) is 10.5 Å². The zero-order valence-electron chi connectivity index (χ0n) is 16.6. The van der Waals surface area contributed by atoms with Crippen LogP contribution in [0.2, 0.25) is 0 Å². The Morgan fingerprint density at radius 2 is 1.79 bits per heavy atom. The van der Waals surface area contributed by atoms with Crippen LogP contribution in [0.4, 0.5) is 0 Å². The molecule has 150 valence electrons. The molecule has 0 radical (unpaired) electrons. The van der Waals surface area contributed by atoms with Crippen molar-refractivity contribution in [2.24, 2.45) is 0 Å². The lowest BCUT2D eigenvalue weighted by Gasteiger charge is -2.16. The molecule has 1 N–H and O–H groups in total. The molecule has 1 heterocycles. The number of allylic oxidation sites excluding steroid dienone is 4. The number of hydrogen-bond donors (Lipinski definition) is 1. The minimum Gasteiger partial charge on any atom is -1.00 e. The first kappa shape index (κ1) is 21.1. The van der Waals surface area contributed by atoms with Crippen LogP contribution in [-0.4, -0.2) is 26.5 Å². The van der Waals surface area contributed by atoms with Gasteiger partial charge in [0.05, 0.1) is 20.4 Å². The van der Waals surface area contributed by atoms with Gasteiger partial charge in [-0.2, -0.15) is 0 Å². The monoisotopic (exact) mass is 453 g/mol. The Hall–Kier alpha value is -2.63. The topological polar surface area (TPSA) is 40.0 Å². The zero-order valence-corrected chi connectivity index (χ0v) is 18.2. The summed E-state index contributed by atoms with van der Waals surface area (Å²) in [6.45, 7) is 1.87. The van der Waals surface area contributed by atoms with Gasteiger partial charge in [0, 0.05) is 23.1 Å². The summed E-state index contributed by atoms with van der Waals surface area (Å²) in [7, 11) is 3.19. The lowest BCUT2D eigenvalue weighted by molar-refractivity contribution is -0.855. The van der Waals surface area contributed by atoms with Crippen molar-refractivity contribution >= 4 is 5.78 Å².